The van der Waals surface area contributed by atoms with Gasteiger partial charge in [0.15, 0.2) is 0 Å². The van der Waals surface area contributed by atoms with Crippen LogP contribution in [0.4, 0.5) is 0 Å². The summed E-state index contributed by atoms with van der Waals surface area (Å²) >= 11 is 0. The third-order valence-electron chi connectivity index (χ3n) is 4.51. The standard InChI is InChI=1S/C15H16N2O/c18-9-17-8-10-7-13-11(4-2-6-16-13)12-3-1-5-14(17)15(10)12/h1,3,5,8-9,11,13,16H,2,4,6-7H2/t11-,13-/m1/s1. The van der Waals surface area contributed by atoms with Crippen LogP contribution in [-0.2, 0) is 11.2 Å². The van der Waals surface area contributed by atoms with Gasteiger partial charge in [0, 0.05) is 23.5 Å². The van der Waals surface area contributed by atoms with Gasteiger partial charge in [0.25, 0.3) is 0 Å². The van der Waals surface area contributed by atoms with E-state index in [4.69, 9.17) is 0 Å². The normalized spacial score (nSPS) is 26.0. The summed E-state index contributed by atoms with van der Waals surface area (Å²) in [7, 11) is 0. The third-order valence-corrected chi connectivity index (χ3v) is 4.51. The Balaban J connectivity index is 2.00. The Hall–Kier alpha value is -1.61. The van der Waals surface area contributed by atoms with Gasteiger partial charge in [-0.25, -0.2) is 0 Å². The molecule has 3 nitrogen and oxygen atoms in total. The van der Waals surface area contributed by atoms with Crippen LogP contribution in [-0.4, -0.2) is 23.6 Å². The van der Waals surface area contributed by atoms with Gasteiger partial charge in [-0.15, -0.1) is 0 Å². The molecule has 1 aromatic carbocycles. The molecule has 0 spiro atoms. The third kappa shape index (κ3) is 1.25. The molecule has 18 heavy (non-hydrogen) atoms. The highest BCUT2D eigenvalue weighted by atomic mass is 16.1. The number of nitrogens with one attached hydrogen (secondary N) is 1. The van der Waals surface area contributed by atoms with Crippen molar-refractivity contribution in [3.63, 3.8) is 0 Å². The largest absolute Gasteiger partial charge is 0.313 e. The van der Waals surface area contributed by atoms with Gasteiger partial charge in [0.2, 0.25) is 6.41 Å². The van der Waals surface area contributed by atoms with Gasteiger partial charge in [-0.1, -0.05) is 12.1 Å². The van der Waals surface area contributed by atoms with Crippen molar-refractivity contribution >= 4 is 17.3 Å². The van der Waals surface area contributed by atoms with E-state index >= 15 is 0 Å². The van der Waals surface area contributed by atoms with E-state index < -0.39 is 0 Å². The topological polar surface area (TPSA) is 34.0 Å². The molecule has 0 bridgehead atoms. The average molecular weight is 240 g/mol. The summed E-state index contributed by atoms with van der Waals surface area (Å²) in [4.78, 5) is 11.1. The van der Waals surface area contributed by atoms with E-state index in [1.807, 2.05) is 12.3 Å². The fourth-order valence-electron chi connectivity index (χ4n) is 3.75. The van der Waals surface area contributed by atoms with E-state index in [9.17, 15) is 4.79 Å². The Bertz CT molecular complexity index is 629. The Labute approximate surface area is 106 Å². The summed E-state index contributed by atoms with van der Waals surface area (Å²) in [5.41, 5.74) is 3.83. The number of hydrogen-bond donors (Lipinski definition) is 1. The molecule has 1 aliphatic heterocycles. The summed E-state index contributed by atoms with van der Waals surface area (Å²) in [6, 6.07) is 6.93. The van der Waals surface area contributed by atoms with Crippen molar-refractivity contribution in [2.75, 3.05) is 6.54 Å². The first kappa shape index (κ1) is 10.3. The maximum absolute atomic E-state index is 11.1. The number of carbonyl (C=O) groups is 1. The minimum Gasteiger partial charge on any atom is -0.313 e. The molecule has 0 radical (unpaired) electrons. The van der Waals surface area contributed by atoms with Crippen molar-refractivity contribution in [2.24, 2.45) is 0 Å². The second-order valence-electron chi connectivity index (χ2n) is 5.42. The van der Waals surface area contributed by atoms with Crippen LogP contribution >= 0.6 is 0 Å². The number of fused-ring (bicyclic) bond motifs is 2. The van der Waals surface area contributed by atoms with E-state index in [0.29, 0.717) is 12.0 Å². The lowest BCUT2D eigenvalue weighted by atomic mass is 9.76. The van der Waals surface area contributed by atoms with E-state index in [1.54, 1.807) is 4.57 Å². The number of nitrogens with zero attached hydrogens (tertiary/aromatic N) is 1. The molecular weight excluding hydrogens is 224 g/mol. The van der Waals surface area contributed by atoms with Crippen LogP contribution in [0.25, 0.3) is 10.9 Å². The number of carbonyl (C=O) groups excluding carboxylic acids is 1. The Morgan fingerprint density at radius 1 is 1.39 bits per heavy atom. The van der Waals surface area contributed by atoms with Crippen molar-refractivity contribution in [2.45, 2.75) is 31.2 Å². The zero-order valence-electron chi connectivity index (χ0n) is 10.2. The van der Waals surface area contributed by atoms with Crippen LogP contribution in [0.5, 0.6) is 0 Å². The molecule has 2 aromatic rings. The monoisotopic (exact) mass is 240 g/mol. The lowest BCUT2D eigenvalue weighted by Gasteiger charge is -2.36. The molecule has 3 heteroatoms. The van der Waals surface area contributed by atoms with Gasteiger partial charge in [0.1, 0.15) is 0 Å². The van der Waals surface area contributed by atoms with Crippen molar-refractivity contribution in [1.82, 2.24) is 9.88 Å². The molecule has 1 fully saturated rings. The summed E-state index contributed by atoms with van der Waals surface area (Å²) in [5.74, 6) is 0.623. The minimum absolute atomic E-state index is 0.555. The first-order valence-electron chi connectivity index (χ1n) is 6.69. The van der Waals surface area contributed by atoms with Crippen molar-refractivity contribution in [3.05, 3.63) is 35.5 Å². The summed E-state index contributed by atoms with van der Waals surface area (Å²) in [5, 5.41) is 4.96. The van der Waals surface area contributed by atoms with Crippen LogP contribution in [0.2, 0.25) is 0 Å². The number of hydrogen-bond acceptors (Lipinski definition) is 2. The molecule has 92 valence electrons. The maximum atomic E-state index is 11.1. The lowest BCUT2D eigenvalue weighted by molar-refractivity contribution is 0.345. The lowest BCUT2D eigenvalue weighted by Crippen LogP contribution is -2.43. The highest BCUT2D eigenvalue weighted by Gasteiger charge is 2.33. The van der Waals surface area contributed by atoms with Crippen LogP contribution in [0.3, 0.4) is 0 Å². The number of benzene rings is 1. The van der Waals surface area contributed by atoms with Gasteiger partial charge >= 0.3 is 0 Å². The zero-order valence-corrected chi connectivity index (χ0v) is 10.2. The molecule has 4 rings (SSSR count). The predicted octanol–water partition coefficient (Wildman–Crippen LogP) is 2.07. The van der Waals surface area contributed by atoms with Gasteiger partial charge in [-0.3, -0.25) is 9.36 Å². The van der Waals surface area contributed by atoms with Gasteiger partial charge in [-0.2, -0.15) is 0 Å². The van der Waals surface area contributed by atoms with Crippen LogP contribution in [0.1, 0.15) is 29.9 Å². The van der Waals surface area contributed by atoms with Crippen LogP contribution in [0.15, 0.2) is 24.4 Å². The Morgan fingerprint density at radius 2 is 2.33 bits per heavy atom. The average Bonchev–Trinajstić information content (AvgIpc) is 2.79. The Morgan fingerprint density at radius 3 is 3.22 bits per heavy atom. The highest BCUT2D eigenvalue weighted by Crippen LogP contribution is 2.41. The van der Waals surface area contributed by atoms with E-state index in [1.165, 1.54) is 29.4 Å². The minimum atomic E-state index is 0.555. The first-order chi connectivity index (χ1) is 8.88. The highest BCUT2D eigenvalue weighted by molar-refractivity contribution is 5.92. The van der Waals surface area contributed by atoms with E-state index in [-0.39, 0.29) is 0 Å². The number of rotatable bonds is 1. The smallest absolute Gasteiger partial charge is 0.218 e. The molecule has 2 heterocycles. The van der Waals surface area contributed by atoms with E-state index in [0.717, 1.165) is 24.9 Å². The number of aromatic nitrogens is 1. The zero-order chi connectivity index (χ0) is 12.1. The molecule has 0 saturated carbocycles. The molecule has 1 N–H and O–H groups in total. The molecule has 1 aliphatic carbocycles. The first-order valence-corrected chi connectivity index (χ1v) is 6.69. The van der Waals surface area contributed by atoms with Gasteiger partial charge < -0.3 is 5.32 Å². The van der Waals surface area contributed by atoms with E-state index in [2.05, 4.69) is 17.4 Å². The quantitative estimate of drug-likeness (QED) is 0.774. The van der Waals surface area contributed by atoms with Crippen molar-refractivity contribution < 1.29 is 4.79 Å². The van der Waals surface area contributed by atoms with Gasteiger partial charge in [0.05, 0.1) is 5.52 Å². The SMILES string of the molecule is O=Cn1cc2c3c(cccc31)[C@H]1CCCN[C@@H]1C2. The van der Waals surface area contributed by atoms with Crippen molar-refractivity contribution in [1.29, 1.82) is 0 Å². The molecule has 2 aliphatic rings. The molecule has 0 amide bonds. The summed E-state index contributed by atoms with van der Waals surface area (Å²) in [6.07, 6.45) is 6.49. The molecule has 1 aromatic heterocycles. The second-order valence-corrected chi connectivity index (χ2v) is 5.42. The van der Waals surface area contributed by atoms with Crippen LogP contribution < -0.4 is 5.32 Å². The number of piperidine rings is 1. The molecule has 2 atom stereocenters. The van der Waals surface area contributed by atoms with Crippen molar-refractivity contribution in [3.8, 4) is 0 Å². The fourth-order valence-corrected chi connectivity index (χ4v) is 3.75. The molecular formula is C15H16N2O. The molecule has 0 unspecified atom stereocenters. The maximum Gasteiger partial charge on any atom is 0.218 e. The van der Waals surface area contributed by atoms with Gasteiger partial charge in [-0.05, 0) is 43.0 Å². The Kier molecular flexibility index (Phi) is 2.12. The second kappa shape index (κ2) is 3.69. The summed E-state index contributed by atoms with van der Waals surface area (Å²) < 4.78 is 1.73. The summed E-state index contributed by atoms with van der Waals surface area (Å²) in [6.45, 7) is 1.13. The predicted molar refractivity (Wildman–Crippen MR) is 71.6 cm³/mol. The van der Waals surface area contributed by atoms with Crippen LogP contribution in [0, 0.1) is 0 Å². The fraction of sp³-hybridized carbons (Fsp3) is 0.400. The molecule has 1 saturated heterocycles.